The number of para-hydroxylation sites is 2. The van der Waals surface area contributed by atoms with Gasteiger partial charge < -0.3 is 14.6 Å². The van der Waals surface area contributed by atoms with Crippen molar-refractivity contribution in [1.29, 1.82) is 0 Å². The summed E-state index contributed by atoms with van der Waals surface area (Å²) in [6, 6.07) is 20.9. The standard InChI is InChI=1S/C27H27Cl2N3O2/c1-34-20-10-7-9-19(17-20)27(33)30-16-6-2-3-15-26-31-24-13-4-5-14-25(24)32(26)18-21-22(28)11-8-12-23(21)29/h4-5,7-14,17H,2-3,6,15-16,18H2,1H3,(H,30,33). The van der Waals surface area contributed by atoms with E-state index in [1.807, 2.05) is 48.5 Å². The molecule has 1 amide bonds. The minimum Gasteiger partial charge on any atom is -0.497 e. The van der Waals surface area contributed by atoms with Gasteiger partial charge in [-0.25, -0.2) is 4.98 Å². The second-order valence-corrected chi connectivity index (χ2v) is 8.92. The Balaban J connectivity index is 1.34. The highest BCUT2D eigenvalue weighted by atomic mass is 35.5. The van der Waals surface area contributed by atoms with E-state index in [9.17, 15) is 4.79 Å². The Labute approximate surface area is 209 Å². The number of amides is 1. The molecular weight excluding hydrogens is 469 g/mol. The van der Waals surface area contributed by atoms with Gasteiger partial charge in [0.15, 0.2) is 0 Å². The van der Waals surface area contributed by atoms with E-state index in [0.29, 0.717) is 34.4 Å². The fourth-order valence-electron chi connectivity index (χ4n) is 3.99. The topological polar surface area (TPSA) is 56.1 Å². The highest BCUT2D eigenvalue weighted by molar-refractivity contribution is 6.36. The molecule has 4 rings (SSSR count). The Morgan fingerprint density at radius 2 is 1.74 bits per heavy atom. The number of rotatable bonds is 10. The van der Waals surface area contributed by atoms with Crippen LogP contribution in [0.5, 0.6) is 5.75 Å². The van der Waals surface area contributed by atoms with Crippen LogP contribution in [0.2, 0.25) is 10.0 Å². The molecule has 176 valence electrons. The molecule has 0 radical (unpaired) electrons. The summed E-state index contributed by atoms with van der Waals surface area (Å²) in [5.41, 5.74) is 3.53. The van der Waals surface area contributed by atoms with E-state index < -0.39 is 0 Å². The quantitative estimate of drug-likeness (QED) is 0.254. The molecule has 0 saturated heterocycles. The predicted octanol–water partition coefficient (Wildman–Crippen LogP) is 6.54. The van der Waals surface area contributed by atoms with E-state index >= 15 is 0 Å². The number of fused-ring (bicyclic) bond motifs is 1. The lowest BCUT2D eigenvalue weighted by molar-refractivity contribution is 0.0952. The Kier molecular flexibility index (Phi) is 8.09. The van der Waals surface area contributed by atoms with Crippen LogP contribution in [0.15, 0.2) is 66.7 Å². The molecule has 7 heteroatoms. The molecule has 3 aromatic carbocycles. The van der Waals surface area contributed by atoms with E-state index in [4.69, 9.17) is 32.9 Å². The summed E-state index contributed by atoms with van der Waals surface area (Å²) in [6.45, 7) is 1.20. The number of ether oxygens (including phenoxy) is 1. The monoisotopic (exact) mass is 495 g/mol. The Morgan fingerprint density at radius 1 is 0.971 bits per heavy atom. The largest absolute Gasteiger partial charge is 0.497 e. The summed E-state index contributed by atoms with van der Waals surface area (Å²) >= 11 is 12.9. The first-order valence-electron chi connectivity index (χ1n) is 11.4. The third-order valence-corrected chi connectivity index (χ3v) is 6.51. The van der Waals surface area contributed by atoms with Crippen LogP contribution in [0, 0.1) is 0 Å². The molecule has 0 aliphatic carbocycles. The number of nitrogens with one attached hydrogen (secondary N) is 1. The lowest BCUT2D eigenvalue weighted by Crippen LogP contribution is -2.24. The number of carbonyl (C=O) groups excluding carboxylic acids is 1. The molecule has 1 aromatic heterocycles. The summed E-state index contributed by atoms with van der Waals surface area (Å²) in [4.78, 5) is 17.2. The van der Waals surface area contributed by atoms with Crippen LogP contribution in [0.4, 0.5) is 0 Å². The Hall–Kier alpha value is -3.02. The molecule has 0 aliphatic rings. The van der Waals surface area contributed by atoms with Crippen LogP contribution >= 0.6 is 23.2 Å². The van der Waals surface area contributed by atoms with Crippen LogP contribution < -0.4 is 10.1 Å². The van der Waals surface area contributed by atoms with Crippen molar-refractivity contribution in [3.8, 4) is 5.75 Å². The summed E-state index contributed by atoms with van der Waals surface area (Å²) in [5.74, 6) is 1.60. The first-order valence-corrected chi connectivity index (χ1v) is 12.1. The molecule has 1 N–H and O–H groups in total. The van der Waals surface area contributed by atoms with Crippen molar-refractivity contribution in [2.45, 2.75) is 32.2 Å². The highest BCUT2D eigenvalue weighted by Gasteiger charge is 2.14. The zero-order valence-corrected chi connectivity index (χ0v) is 20.6. The van der Waals surface area contributed by atoms with Gasteiger partial charge in [0.2, 0.25) is 0 Å². The molecule has 0 saturated carbocycles. The minimum absolute atomic E-state index is 0.0858. The number of halogens is 2. The molecule has 0 spiro atoms. The number of unbranched alkanes of at least 4 members (excludes halogenated alkanes) is 2. The fraction of sp³-hybridized carbons (Fsp3) is 0.259. The van der Waals surface area contributed by atoms with Gasteiger partial charge >= 0.3 is 0 Å². The van der Waals surface area contributed by atoms with Gasteiger partial charge in [0, 0.05) is 34.1 Å². The van der Waals surface area contributed by atoms with Crippen molar-refractivity contribution < 1.29 is 9.53 Å². The number of benzene rings is 3. The van der Waals surface area contributed by atoms with Crippen molar-refractivity contribution in [3.05, 3.63) is 93.7 Å². The predicted molar refractivity (Wildman–Crippen MR) is 138 cm³/mol. The number of aromatic nitrogens is 2. The van der Waals surface area contributed by atoms with Gasteiger partial charge in [-0.1, -0.05) is 53.9 Å². The van der Waals surface area contributed by atoms with Crippen molar-refractivity contribution in [2.75, 3.05) is 13.7 Å². The summed E-state index contributed by atoms with van der Waals surface area (Å²) in [5, 5.41) is 4.29. The lowest BCUT2D eigenvalue weighted by Gasteiger charge is -2.12. The SMILES string of the molecule is COc1cccc(C(=O)NCCCCCc2nc3ccccc3n2Cc2c(Cl)cccc2Cl)c1. The summed E-state index contributed by atoms with van der Waals surface area (Å²) in [6.07, 6.45) is 3.68. The maximum Gasteiger partial charge on any atom is 0.251 e. The molecular formula is C27H27Cl2N3O2. The van der Waals surface area contributed by atoms with Crippen LogP contribution in [0.25, 0.3) is 11.0 Å². The van der Waals surface area contributed by atoms with Crippen LogP contribution in [0.3, 0.4) is 0 Å². The molecule has 0 aliphatic heterocycles. The van der Waals surface area contributed by atoms with Gasteiger partial charge in [-0.15, -0.1) is 0 Å². The molecule has 0 unspecified atom stereocenters. The lowest BCUT2D eigenvalue weighted by atomic mass is 10.1. The van der Waals surface area contributed by atoms with Gasteiger partial charge in [-0.2, -0.15) is 0 Å². The number of hydrogen-bond acceptors (Lipinski definition) is 3. The van der Waals surface area contributed by atoms with E-state index in [2.05, 4.69) is 16.0 Å². The number of hydrogen-bond donors (Lipinski definition) is 1. The average Bonchev–Trinajstić information content (AvgIpc) is 3.20. The zero-order valence-electron chi connectivity index (χ0n) is 19.1. The first kappa shape index (κ1) is 24.1. The van der Waals surface area contributed by atoms with E-state index in [0.717, 1.165) is 48.1 Å². The Bertz CT molecular complexity index is 1270. The van der Waals surface area contributed by atoms with Crippen molar-refractivity contribution in [3.63, 3.8) is 0 Å². The molecule has 34 heavy (non-hydrogen) atoms. The second kappa shape index (κ2) is 11.4. The minimum atomic E-state index is -0.0858. The van der Waals surface area contributed by atoms with Gasteiger partial charge in [-0.05, 0) is 55.3 Å². The Morgan fingerprint density at radius 3 is 2.53 bits per heavy atom. The average molecular weight is 496 g/mol. The third kappa shape index (κ3) is 5.72. The van der Waals surface area contributed by atoms with Crippen LogP contribution in [-0.4, -0.2) is 29.1 Å². The zero-order chi connectivity index (χ0) is 23.9. The number of aryl methyl sites for hydroxylation is 1. The molecule has 1 heterocycles. The maximum atomic E-state index is 12.3. The molecule has 0 bridgehead atoms. The van der Waals surface area contributed by atoms with Crippen LogP contribution in [0.1, 0.15) is 41.0 Å². The van der Waals surface area contributed by atoms with Gasteiger partial charge in [0.1, 0.15) is 11.6 Å². The molecule has 4 aromatic rings. The molecule has 0 fully saturated rings. The van der Waals surface area contributed by atoms with Crippen molar-refractivity contribution in [2.24, 2.45) is 0 Å². The van der Waals surface area contributed by atoms with Gasteiger partial charge in [0.25, 0.3) is 5.91 Å². The third-order valence-electron chi connectivity index (χ3n) is 5.81. The number of nitrogens with zero attached hydrogens (tertiary/aromatic N) is 2. The van der Waals surface area contributed by atoms with E-state index in [1.54, 1.807) is 19.2 Å². The van der Waals surface area contributed by atoms with Crippen molar-refractivity contribution in [1.82, 2.24) is 14.9 Å². The highest BCUT2D eigenvalue weighted by Crippen LogP contribution is 2.28. The maximum absolute atomic E-state index is 12.3. The second-order valence-electron chi connectivity index (χ2n) is 8.10. The van der Waals surface area contributed by atoms with Crippen molar-refractivity contribution >= 4 is 40.1 Å². The molecule has 5 nitrogen and oxygen atoms in total. The normalized spacial score (nSPS) is 11.0. The number of carbonyl (C=O) groups is 1. The van der Waals surface area contributed by atoms with E-state index in [-0.39, 0.29) is 5.91 Å². The summed E-state index contributed by atoms with van der Waals surface area (Å²) in [7, 11) is 1.59. The molecule has 0 atom stereocenters. The summed E-state index contributed by atoms with van der Waals surface area (Å²) < 4.78 is 7.39. The van der Waals surface area contributed by atoms with E-state index in [1.165, 1.54) is 0 Å². The first-order chi connectivity index (χ1) is 16.6. The van der Waals surface area contributed by atoms with Gasteiger partial charge in [-0.3, -0.25) is 4.79 Å². The number of imidazole rings is 1. The fourth-order valence-corrected chi connectivity index (χ4v) is 4.50. The van der Waals surface area contributed by atoms with Gasteiger partial charge in [0.05, 0.1) is 24.7 Å². The smallest absolute Gasteiger partial charge is 0.251 e. The number of methoxy groups -OCH3 is 1. The van der Waals surface area contributed by atoms with Crippen LogP contribution in [-0.2, 0) is 13.0 Å².